The van der Waals surface area contributed by atoms with E-state index in [0.717, 1.165) is 25.9 Å². The number of fused-ring (bicyclic) bond motifs is 2. The predicted octanol–water partition coefficient (Wildman–Crippen LogP) is 0.271. The van der Waals surface area contributed by atoms with Gasteiger partial charge in [-0.1, -0.05) is 6.92 Å². The van der Waals surface area contributed by atoms with Gasteiger partial charge in [-0.25, -0.2) is 0 Å². The highest BCUT2D eigenvalue weighted by Gasteiger charge is 2.91. The van der Waals surface area contributed by atoms with Crippen molar-refractivity contribution in [2.24, 2.45) is 34.5 Å². The lowest BCUT2D eigenvalue weighted by atomic mass is 9.42. The molecule has 6 fully saturated rings. The van der Waals surface area contributed by atoms with Crippen LogP contribution in [0.3, 0.4) is 0 Å². The molecule has 1 heterocycles. The molecule has 188 valence electrons. The van der Waals surface area contributed by atoms with Gasteiger partial charge < -0.3 is 34.3 Å². The summed E-state index contributed by atoms with van der Waals surface area (Å²) in [4.78, 5) is 2.33. The van der Waals surface area contributed by atoms with Crippen LogP contribution in [0.15, 0.2) is 0 Å². The van der Waals surface area contributed by atoms with Gasteiger partial charge in [0.1, 0.15) is 11.2 Å². The highest BCUT2D eigenvalue weighted by molar-refractivity contribution is 5.41. The number of ether oxygens (including phenoxy) is 4. The Hall–Kier alpha value is -0.320. The van der Waals surface area contributed by atoms with Gasteiger partial charge in [0.25, 0.3) is 0 Å². The molecular formula is C25H41NO7. The molecule has 8 heteroatoms. The Labute approximate surface area is 196 Å². The first kappa shape index (κ1) is 23.1. The zero-order valence-electron chi connectivity index (χ0n) is 20.6. The Bertz CT molecular complexity index is 814. The van der Waals surface area contributed by atoms with Gasteiger partial charge in [-0.3, -0.25) is 4.90 Å². The van der Waals surface area contributed by atoms with E-state index in [9.17, 15) is 15.3 Å². The molecule has 0 amide bonds. The Kier molecular flexibility index (Phi) is 4.99. The lowest BCUT2D eigenvalue weighted by Crippen LogP contribution is -2.82. The van der Waals surface area contributed by atoms with Gasteiger partial charge in [0.05, 0.1) is 37.1 Å². The standard InChI is InChI=1S/C25H41NO7/c1-6-26-11-22(12-30-2)8-7-16(27)24-14-9-13-15(31-3)10-23(28,17(14)18(13)32-4)25(29,21(24)26)20(33-5)19(22)24/h13-21,27-29H,6-12H2,1-5H3/t13-,14+,15+,16-,17+,18-,19-,20+,21-,22+,23-,24-,25+/m0/s1. The summed E-state index contributed by atoms with van der Waals surface area (Å²) < 4.78 is 24.0. The third-order valence-electron chi connectivity index (χ3n) is 11.5. The number of likely N-dealkylation sites (tertiary alicyclic amines) is 1. The van der Waals surface area contributed by atoms with Gasteiger partial charge in [0.2, 0.25) is 0 Å². The van der Waals surface area contributed by atoms with E-state index in [1.807, 2.05) is 0 Å². The Morgan fingerprint density at radius 1 is 1.06 bits per heavy atom. The van der Waals surface area contributed by atoms with Gasteiger partial charge >= 0.3 is 0 Å². The van der Waals surface area contributed by atoms with Crippen molar-refractivity contribution in [2.75, 3.05) is 48.1 Å². The summed E-state index contributed by atoms with van der Waals surface area (Å²) in [7, 11) is 6.79. The Morgan fingerprint density at radius 2 is 1.82 bits per heavy atom. The molecule has 13 atom stereocenters. The highest BCUT2D eigenvalue weighted by atomic mass is 16.5. The molecule has 5 saturated carbocycles. The highest BCUT2D eigenvalue weighted by Crippen LogP contribution is 2.80. The van der Waals surface area contributed by atoms with Crippen LogP contribution in [0.4, 0.5) is 0 Å². The lowest BCUT2D eigenvalue weighted by molar-refractivity contribution is -0.318. The van der Waals surface area contributed by atoms with E-state index in [4.69, 9.17) is 18.9 Å². The monoisotopic (exact) mass is 467 g/mol. The maximum Gasteiger partial charge on any atom is 0.136 e. The van der Waals surface area contributed by atoms with Gasteiger partial charge in [-0.2, -0.15) is 0 Å². The van der Waals surface area contributed by atoms with Crippen LogP contribution >= 0.6 is 0 Å². The summed E-state index contributed by atoms with van der Waals surface area (Å²) in [6.45, 7) is 4.18. The molecule has 0 aromatic rings. The summed E-state index contributed by atoms with van der Waals surface area (Å²) in [5.41, 5.74) is -3.82. The van der Waals surface area contributed by atoms with E-state index in [1.54, 1.807) is 28.4 Å². The first-order chi connectivity index (χ1) is 15.8. The van der Waals surface area contributed by atoms with Crippen molar-refractivity contribution in [3.8, 4) is 0 Å². The summed E-state index contributed by atoms with van der Waals surface area (Å²) in [6, 6.07) is -0.386. The molecule has 33 heavy (non-hydrogen) atoms. The predicted molar refractivity (Wildman–Crippen MR) is 119 cm³/mol. The topological polar surface area (TPSA) is 101 Å². The fourth-order valence-corrected chi connectivity index (χ4v) is 11.0. The molecule has 8 nitrogen and oxygen atoms in total. The summed E-state index contributed by atoms with van der Waals surface area (Å²) in [5, 5.41) is 37.6. The first-order valence-electron chi connectivity index (χ1n) is 12.7. The van der Waals surface area contributed by atoms with Crippen molar-refractivity contribution in [1.29, 1.82) is 0 Å². The minimum absolute atomic E-state index is 0.00825. The molecular weight excluding hydrogens is 426 g/mol. The zero-order valence-corrected chi connectivity index (χ0v) is 20.6. The van der Waals surface area contributed by atoms with Crippen LogP contribution in [0, 0.1) is 34.5 Å². The average Bonchev–Trinajstić information content (AvgIpc) is 3.22. The second-order valence-electron chi connectivity index (χ2n) is 11.9. The van der Waals surface area contributed by atoms with Crippen molar-refractivity contribution in [3.05, 3.63) is 0 Å². The molecule has 6 rings (SSSR count). The fraction of sp³-hybridized carbons (Fsp3) is 1.00. The van der Waals surface area contributed by atoms with Crippen LogP contribution in [0.1, 0.15) is 32.6 Å². The Morgan fingerprint density at radius 3 is 2.42 bits per heavy atom. The number of likely N-dealkylation sites (N-methyl/N-ethyl adjacent to an activating group) is 1. The van der Waals surface area contributed by atoms with Crippen LogP contribution in [-0.4, -0.2) is 110 Å². The fourth-order valence-electron chi connectivity index (χ4n) is 11.0. The van der Waals surface area contributed by atoms with E-state index in [-0.39, 0.29) is 47.3 Å². The van der Waals surface area contributed by atoms with Crippen LogP contribution in [-0.2, 0) is 18.9 Å². The van der Waals surface area contributed by atoms with Crippen molar-refractivity contribution >= 4 is 0 Å². The number of nitrogens with zero attached hydrogens (tertiary/aromatic N) is 1. The molecule has 1 aliphatic heterocycles. The molecule has 7 bridgehead atoms. The number of piperidine rings is 1. The van der Waals surface area contributed by atoms with Crippen LogP contribution in [0.5, 0.6) is 0 Å². The minimum atomic E-state index is -1.55. The van der Waals surface area contributed by atoms with E-state index < -0.39 is 28.8 Å². The molecule has 0 unspecified atom stereocenters. The molecule has 0 aromatic heterocycles. The van der Waals surface area contributed by atoms with E-state index in [2.05, 4.69) is 11.8 Å². The smallest absolute Gasteiger partial charge is 0.136 e. The number of aliphatic hydroxyl groups excluding tert-OH is 1. The molecule has 6 aliphatic rings. The summed E-state index contributed by atoms with van der Waals surface area (Å²) >= 11 is 0. The molecule has 3 N–H and O–H groups in total. The van der Waals surface area contributed by atoms with Crippen molar-refractivity contribution < 1.29 is 34.3 Å². The minimum Gasteiger partial charge on any atom is -0.392 e. The number of rotatable bonds is 6. The van der Waals surface area contributed by atoms with Gasteiger partial charge in [-0.05, 0) is 31.7 Å². The zero-order chi connectivity index (χ0) is 23.6. The maximum atomic E-state index is 12.9. The van der Waals surface area contributed by atoms with Crippen LogP contribution in [0.2, 0.25) is 0 Å². The summed E-state index contributed by atoms with van der Waals surface area (Å²) in [6.07, 6.45) is 1.06. The molecule has 1 spiro atoms. The average molecular weight is 468 g/mol. The first-order valence-corrected chi connectivity index (χ1v) is 12.7. The SMILES string of the molecule is CCN1C[C@@]2(COC)CC[C@H](O)[C@@]34[C@@H]5C[C@@H]6[C@H](OC)[C@@H]5[C@@](O)(C[C@H]6OC)[C@@](O)([C@H](OC)[C@@H]23)[C@@H]14. The van der Waals surface area contributed by atoms with E-state index in [0.29, 0.717) is 19.4 Å². The lowest BCUT2D eigenvalue weighted by Gasteiger charge is -2.69. The normalized spacial score (nSPS) is 60.9. The second-order valence-corrected chi connectivity index (χ2v) is 11.9. The third-order valence-corrected chi connectivity index (χ3v) is 11.5. The summed E-state index contributed by atoms with van der Waals surface area (Å²) in [5.74, 6) is -0.231. The number of hydrogen-bond acceptors (Lipinski definition) is 8. The molecule has 1 saturated heterocycles. The number of hydrogen-bond donors (Lipinski definition) is 3. The third kappa shape index (κ3) is 2.20. The van der Waals surface area contributed by atoms with Crippen LogP contribution < -0.4 is 0 Å². The van der Waals surface area contributed by atoms with Gasteiger partial charge in [0, 0.05) is 70.0 Å². The quantitative estimate of drug-likeness (QED) is 0.512. The van der Waals surface area contributed by atoms with Crippen molar-refractivity contribution in [3.63, 3.8) is 0 Å². The second kappa shape index (κ2) is 7.13. The van der Waals surface area contributed by atoms with Crippen LogP contribution in [0.25, 0.3) is 0 Å². The molecule has 0 aromatic carbocycles. The van der Waals surface area contributed by atoms with Crippen molar-refractivity contribution in [1.82, 2.24) is 4.90 Å². The number of methoxy groups -OCH3 is 4. The van der Waals surface area contributed by atoms with Crippen molar-refractivity contribution in [2.45, 2.75) is 74.3 Å². The molecule has 5 aliphatic carbocycles. The largest absolute Gasteiger partial charge is 0.392 e. The van der Waals surface area contributed by atoms with Gasteiger partial charge in [0.15, 0.2) is 0 Å². The Balaban J connectivity index is 1.67. The molecule has 0 radical (unpaired) electrons. The van der Waals surface area contributed by atoms with E-state index >= 15 is 0 Å². The maximum absolute atomic E-state index is 12.9. The number of aliphatic hydroxyl groups is 3. The van der Waals surface area contributed by atoms with Gasteiger partial charge in [-0.15, -0.1) is 0 Å². The van der Waals surface area contributed by atoms with E-state index in [1.165, 1.54) is 0 Å².